The maximum Gasteiger partial charge on any atom is 0.265 e. The fourth-order valence-corrected chi connectivity index (χ4v) is 3.93. The van der Waals surface area contributed by atoms with E-state index in [1.807, 2.05) is 0 Å². The van der Waals surface area contributed by atoms with Crippen LogP contribution in [-0.4, -0.2) is 22.7 Å². The van der Waals surface area contributed by atoms with Gasteiger partial charge in [0, 0.05) is 0 Å². The van der Waals surface area contributed by atoms with Crippen LogP contribution in [0.5, 0.6) is 5.75 Å². The van der Waals surface area contributed by atoms with E-state index in [0.717, 1.165) is 11.8 Å². The highest BCUT2D eigenvalue weighted by Gasteiger charge is 2.29. The molecule has 1 N–H and O–H groups in total. The summed E-state index contributed by atoms with van der Waals surface area (Å²) in [6, 6.07) is 8.50. The van der Waals surface area contributed by atoms with E-state index in [2.05, 4.69) is 5.32 Å². The van der Waals surface area contributed by atoms with Crippen molar-refractivity contribution in [3.63, 3.8) is 0 Å². The maximum atomic E-state index is 14.6. The van der Waals surface area contributed by atoms with Gasteiger partial charge in [0.15, 0.2) is 18.2 Å². The summed E-state index contributed by atoms with van der Waals surface area (Å²) in [6.45, 7) is -0.160. The minimum atomic E-state index is -0.646. The molecule has 142 valence electrons. The lowest BCUT2D eigenvalue weighted by atomic mass is 10.1. The third-order valence-electron chi connectivity index (χ3n) is 4.17. The predicted octanol–water partition coefficient (Wildman–Crippen LogP) is 3.38. The van der Waals surface area contributed by atoms with Gasteiger partial charge in [0.05, 0.1) is 17.1 Å². The molecule has 0 spiro atoms. The molecule has 0 radical (unpaired) electrons. The summed E-state index contributed by atoms with van der Waals surface area (Å²) >= 11 is 6.02. The van der Waals surface area contributed by atoms with Crippen LogP contribution in [0.1, 0.15) is 11.1 Å². The molecule has 2 aromatic carbocycles. The molecule has 2 heterocycles. The highest BCUT2D eigenvalue weighted by atomic mass is 32.2. The third-order valence-corrected chi connectivity index (χ3v) is 5.33. The number of halogens is 2. The number of fused-ring (bicyclic) bond motifs is 1. The van der Waals surface area contributed by atoms with Gasteiger partial charge >= 0.3 is 0 Å². The van der Waals surface area contributed by atoms with Gasteiger partial charge < -0.3 is 15.0 Å². The van der Waals surface area contributed by atoms with E-state index >= 15 is 0 Å². The van der Waals surface area contributed by atoms with Crippen molar-refractivity contribution in [2.45, 2.75) is 6.54 Å². The van der Waals surface area contributed by atoms with Crippen LogP contribution in [0.4, 0.5) is 14.5 Å². The fourth-order valence-electron chi connectivity index (χ4n) is 2.89. The molecule has 2 amide bonds. The monoisotopic (exact) mass is 418 g/mol. The van der Waals surface area contributed by atoms with Gasteiger partial charge in [0.2, 0.25) is 0 Å². The first-order valence-electron chi connectivity index (χ1n) is 8.17. The predicted molar refractivity (Wildman–Crippen MR) is 106 cm³/mol. The van der Waals surface area contributed by atoms with Crippen LogP contribution in [0.2, 0.25) is 0 Å². The second-order valence-electron chi connectivity index (χ2n) is 6.10. The molecule has 0 atom stereocenters. The Morgan fingerprint density at radius 1 is 1.21 bits per heavy atom. The first-order chi connectivity index (χ1) is 13.4. The number of carbonyl (C=O) groups excluding carboxylic acids is 2. The van der Waals surface area contributed by atoms with Crippen LogP contribution < -0.4 is 15.0 Å². The topological polar surface area (TPSA) is 58.6 Å². The Bertz CT molecular complexity index is 1040. The number of nitrogens with zero attached hydrogens (tertiary/aromatic N) is 1. The average Bonchev–Trinajstić information content (AvgIpc) is 2.96. The maximum absolute atomic E-state index is 14.6. The van der Waals surface area contributed by atoms with Crippen molar-refractivity contribution in [2.75, 3.05) is 11.5 Å². The lowest BCUT2D eigenvalue weighted by Crippen LogP contribution is -2.38. The SMILES string of the molecule is O=C1NC(=S)S/C1=C/c1cc(F)c2c(c1)N(Cc1ccc(F)cc1)C(=O)CO2. The summed E-state index contributed by atoms with van der Waals surface area (Å²) in [4.78, 5) is 26.0. The molecule has 0 aliphatic carbocycles. The van der Waals surface area contributed by atoms with Crippen molar-refractivity contribution >= 4 is 51.9 Å². The van der Waals surface area contributed by atoms with Crippen molar-refractivity contribution in [1.29, 1.82) is 0 Å². The molecule has 5 nitrogen and oxygen atoms in total. The largest absolute Gasteiger partial charge is 0.478 e. The van der Waals surface area contributed by atoms with E-state index in [4.69, 9.17) is 17.0 Å². The van der Waals surface area contributed by atoms with Crippen LogP contribution >= 0.6 is 24.0 Å². The quantitative estimate of drug-likeness (QED) is 0.612. The van der Waals surface area contributed by atoms with Gasteiger partial charge in [-0.3, -0.25) is 9.59 Å². The van der Waals surface area contributed by atoms with Gasteiger partial charge in [0.1, 0.15) is 10.1 Å². The molecular formula is C19H12F2N2O3S2. The van der Waals surface area contributed by atoms with Crippen LogP contribution in [0.3, 0.4) is 0 Å². The van der Waals surface area contributed by atoms with Crippen molar-refractivity contribution in [2.24, 2.45) is 0 Å². The summed E-state index contributed by atoms with van der Waals surface area (Å²) in [6.07, 6.45) is 1.50. The Hall–Kier alpha value is -2.78. The van der Waals surface area contributed by atoms with Gasteiger partial charge in [-0.1, -0.05) is 36.1 Å². The number of thioether (sulfide) groups is 1. The molecule has 2 aromatic rings. The van der Waals surface area contributed by atoms with Gasteiger partial charge in [-0.05, 0) is 41.5 Å². The number of ether oxygens (including phenoxy) is 1. The third kappa shape index (κ3) is 3.63. The van der Waals surface area contributed by atoms with Gasteiger partial charge in [-0.25, -0.2) is 8.78 Å². The molecule has 9 heteroatoms. The van der Waals surface area contributed by atoms with Crippen molar-refractivity contribution in [1.82, 2.24) is 5.32 Å². The first-order valence-corrected chi connectivity index (χ1v) is 9.39. The standard InChI is InChI=1S/C19H12F2N2O3S2/c20-12-3-1-10(2-4-12)8-23-14-6-11(7-15-18(25)22-19(27)28-15)5-13(21)17(14)26-9-16(23)24/h1-7H,8-9H2,(H,22,25,27)/b15-7+. The lowest BCUT2D eigenvalue weighted by Gasteiger charge is -2.30. The number of hydrogen-bond acceptors (Lipinski definition) is 5. The van der Waals surface area contributed by atoms with Crippen molar-refractivity contribution in [3.05, 3.63) is 64.1 Å². The molecule has 2 aliphatic rings. The zero-order valence-electron chi connectivity index (χ0n) is 14.2. The number of rotatable bonds is 3. The lowest BCUT2D eigenvalue weighted by molar-refractivity contribution is -0.121. The molecule has 0 saturated carbocycles. The molecule has 1 fully saturated rings. The molecule has 0 aromatic heterocycles. The Morgan fingerprint density at radius 3 is 2.64 bits per heavy atom. The summed E-state index contributed by atoms with van der Waals surface area (Å²) in [5.74, 6) is -1.78. The number of carbonyl (C=O) groups is 2. The summed E-state index contributed by atoms with van der Waals surface area (Å²) in [7, 11) is 0. The molecular weight excluding hydrogens is 406 g/mol. The van der Waals surface area contributed by atoms with E-state index in [1.165, 1.54) is 29.2 Å². The molecule has 1 saturated heterocycles. The number of amides is 2. The second-order valence-corrected chi connectivity index (χ2v) is 7.82. The molecule has 28 heavy (non-hydrogen) atoms. The number of benzene rings is 2. The number of anilines is 1. The first kappa shape index (κ1) is 18.6. The van der Waals surface area contributed by atoms with Crippen molar-refractivity contribution in [3.8, 4) is 5.75 Å². The van der Waals surface area contributed by atoms with E-state index in [9.17, 15) is 18.4 Å². The molecule has 0 bridgehead atoms. The molecule has 0 unspecified atom stereocenters. The zero-order valence-corrected chi connectivity index (χ0v) is 15.8. The van der Waals surface area contributed by atoms with E-state index in [1.54, 1.807) is 18.2 Å². The van der Waals surface area contributed by atoms with Gasteiger partial charge in [-0.15, -0.1) is 0 Å². The minimum absolute atomic E-state index is 0.0390. The zero-order chi connectivity index (χ0) is 19.8. The Morgan fingerprint density at radius 2 is 1.96 bits per heavy atom. The number of hydrogen-bond donors (Lipinski definition) is 1. The smallest absolute Gasteiger partial charge is 0.265 e. The Kier molecular flexibility index (Phi) is 4.86. The molecule has 4 rings (SSSR count). The average molecular weight is 418 g/mol. The Balaban J connectivity index is 1.72. The molecule has 2 aliphatic heterocycles. The van der Waals surface area contributed by atoms with Gasteiger partial charge in [0.25, 0.3) is 11.8 Å². The summed E-state index contributed by atoms with van der Waals surface area (Å²) < 4.78 is 33.3. The summed E-state index contributed by atoms with van der Waals surface area (Å²) in [5.41, 5.74) is 1.32. The minimum Gasteiger partial charge on any atom is -0.478 e. The van der Waals surface area contributed by atoms with Gasteiger partial charge in [-0.2, -0.15) is 0 Å². The number of thiocarbonyl (C=S) groups is 1. The van der Waals surface area contributed by atoms with E-state index in [0.29, 0.717) is 20.4 Å². The Labute approximate surface area is 168 Å². The van der Waals surface area contributed by atoms with E-state index < -0.39 is 5.82 Å². The normalized spacial score (nSPS) is 17.6. The summed E-state index contributed by atoms with van der Waals surface area (Å²) in [5, 5.41) is 2.49. The second kappa shape index (κ2) is 7.33. The van der Waals surface area contributed by atoms with Crippen LogP contribution in [0.25, 0.3) is 6.08 Å². The van der Waals surface area contributed by atoms with Crippen LogP contribution in [0, 0.1) is 11.6 Å². The number of nitrogens with one attached hydrogen (secondary N) is 1. The highest BCUT2D eigenvalue weighted by molar-refractivity contribution is 8.26. The van der Waals surface area contributed by atoms with Crippen LogP contribution in [0.15, 0.2) is 41.3 Å². The highest BCUT2D eigenvalue weighted by Crippen LogP contribution is 2.38. The van der Waals surface area contributed by atoms with Crippen LogP contribution in [-0.2, 0) is 16.1 Å². The van der Waals surface area contributed by atoms with Crippen molar-refractivity contribution < 1.29 is 23.1 Å². The van der Waals surface area contributed by atoms with E-state index in [-0.39, 0.29) is 42.2 Å². The fraction of sp³-hybridized carbons (Fsp3) is 0.105.